The van der Waals surface area contributed by atoms with Crippen molar-refractivity contribution < 1.29 is 0 Å². The van der Waals surface area contributed by atoms with E-state index >= 15 is 0 Å². The lowest BCUT2D eigenvalue weighted by molar-refractivity contribution is 0.402. The average molecular weight is 299 g/mol. The highest BCUT2D eigenvalue weighted by molar-refractivity contribution is 6.80. The first-order valence-electron chi connectivity index (χ1n) is 8.54. The van der Waals surface area contributed by atoms with Crippen molar-refractivity contribution >= 4 is 8.07 Å². The molecule has 0 rings (SSSR count). The Morgan fingerprint density at radius 1 is 0.600 bits per heavy atom. The van der Waals surface area contributed by atoms with Gasteiger partial charge in [0.2, 0.25) is 0 Å². The molecule has 0 radical (unpaired) electrons. The molecule has 0 atom stereocenters. The largest absolute Gasteiger partial charge is 0.0630 e. The number of rotatable bonds is 5. The molecular weight excluding hydrogens is 256 g/mol. The van der Waals surface area contributed by atoms with Gasteiger partial charge in [-0.2, -0.15) is 0 Å². The summed E-state index contributed by atoms with van der Waals surface area (Å²) >= 11 is 0. The van der Waals surface area contributed by atoms with Gasteiger partial charge in [0.15, 0.2) is 0 Å². The fourth-order valence-electron chi connectivity index (χ4n) is 4.65. The van der Waals surface area contributed by atoms with Crippen molar-refractivity contribution in [1.82, 2.24) is 0 Å². The van der Waals surface area contributed by atoms with Crippen LogP contribution in [0.25, 0.3) is 0 Å². The van der Waals surface area contributed by atoms with Crippen LogP contribution >= 0.6 is 0 Å². The van der Waals surface area contributed by atoms with Crippen molar-refractivity contribution in [3.8, 4) is 0 Å². The lowest BCUT2D eigenvalue weighted by Crippen LogP contribution is -2.45. The van der Waals surface area contributed by atoms with E-state index in [1.807, 2.05) is 0 Å². The van der Waals surface area contributed by atoms with Crippen molar-refractivity contribution in [2.24, 2.45) is 22.2 Å². The van der Waals surface area contributed by atoms with Gasteiger partial charge in [0.1, 0.15) is 0 Å². The Morgan fingerprint density at radius 3 is 1.00 bits per heavy atom. The number of hydrogen-bond acceptors (Lipinski definition) is 0. The Hall–Kier alpha value is 0.217. The molecule has 0 aromatic rings. The molecule has 0 heterocycles. The highest BCUT2D eigenvalue weighted by Gasteiger charge is 2.42. The van der Waals surface area contributed by atoms with Gasteiger partial charge in [0.05, 0.1) is 8.07 Å². The molecule has 0 nitrogen and oxygen atoms in total. The van der Waals surface area contributed by atoms with E-state index in [1.165, 1.54) is 24.2 Å². The first-order chi connectivity index (χ1) is 8.54. The van der Waals surface area contributed by atoms with Crippen LogP contribution in [0, 0.1) is 22.2 Å². The first-order valence-corrected chi connectivity index (χ1v) is 11.4. The highest BCUT2D eigenvalue weighted by Crippen LogP contribution is 2.46. The predicted octanol–water partition coefficient (Wildman–Crippen LogP) is 7.23. The van der Waals surface area contributed by atoms with Gasteiger partial charge in [-0.25, -0.2) is 0 Å². The lowest BCUT2D eigenvalue weighted by Gasteiger charge is -2.45. The SMILES string of the molecule is CC(C)C[Si](CC(C)(C)C)(CC(C)(C)C)CC(C)(C)C. The third-order valence-electron chi connectivity index (χ3n) is 3.56. The molecule has 0 spiro atoms. The van der Waals surface area contributed by atoms with Crippen LogP contribution in [0.15, 0.2) is 0 Å². The van der Waals surface area contributed by atoms with Gasteiger partial charge in [-0.15, -0.1) is 0 Å². The van der Waals surface area contributed by atoms with E-state index in [4.69, 9.17) is 0 Å². The van der Waals surface area contributed by atoms with E-state index in [0.717, 1.165) is 5.92 Å². The molecule has 20 heavy (non-hydrogen) atoms. The second-order valence-electron chi connectivity index (χ2n) is 11.3. The molecule has 0 aliphatic rings. The Kier molecular flexibility index (Phi) is 6.62. The van der Waals surface area contributed by atoms with Crippen LogP contribution in [0.5, 0.6) is 0 Å². The minimum Gasteiger partial charge on any atom is -0.0630 e. The highest BCUT2D eigenvalue weighted by atomic mass is 28.3. The molecule has 0 saturated heterocycles. The Labute approximate surface area is 131 Å². The van der Waals surface area contributed by atoms with Gasteiger partial charge >= 0.3 is 0 Å². The summed E-state index contributed by atoms with van der Waals surface area (Å²) in [6.07, 6.45) is 0. The summed E-state index contributed by atoms with van der Waals surface area (Å²) in [6, 6.07) is 5.94. The minimum absolute atomic E-state index is 0.470. The molecule has 122 valence electrons. The molecule has 0 bridgehead atoms. The van der Waals surface area contributed by atoms with Crippen molar-refractivity contribution in [3.05, 3.63) is 0 Å². The third-order valence-corrected chi connectivity index (χ3v) is 10.7. The predicted molar refractivity (Wildman–Crippen MR) is 98.2 cm³/mol. The summed E-state index contributed by atoms with van der Waals surface area (Å²) in [4.78, 5) is 0. The molecular formula is C19H42Si. The van der Waals surface area contributed by atoms with Crippen LogP contribution in [0.2, 0.25) is 24.2 Å². The van der Waals surface area contributed by atoms with Gasteiger partial charge in [0.25, 0.3) is 0 Å². The quantitative estimate of drug-likeness (QED) is 0.470. The van der Waals surface area contributed by atoms with Gasteiger partial charge in [-0.05, 0) is 22.2 Å². The van der Waals surface area contributed by atoms with Gasteiger partial charge in [-0.3, -0.25) is 0 Å². The van der Waals surface area contributed by atoms with Gasteiger partial charge < -0.3 is 0 Å². The molecule has 0 aromatic heterocycles. The fraction of sp³-hybridized carbons (Fsp3) is 1.00. The zero-order chi connectivity index (χ0) is 16.4. The summed E-state index contributed by atoms with van der Waals surface area (Å²) in [6.45, 7) is 26.9. The van der Waals surface area contributed by atoms with E-state index in [0.29, 0.717) is 16.2 Å². The molecule has 0 aromatic carbocycles. The van der Waals surface area contributed by atoms with E-state index in [9.17, 15) is 0 Å². The molecule has 0 unspecified atom stereocenters. The molecule has 0 amide bonds. The van der Waals surface area contributed by atoms with Crippen LogP contribution in [0.1, 0.15) is 76.2 Å². The van der Waals surface area contributed by atoms with Crippen molar-refractivity contribution in [2.75, 3.05) is 0 Å². The summed E-state index contributed by atoms with van der Waals surface area (Å²) in [5.41, 5.74) is 1.41. The zero-order valence-corrected chi connectivity index (χ0v) is 17.4. The van der Waals surface area contributed by atoms with Crippen LogP contribution in [0.4, 0.5) is 0 Å². The molecule has 0 saturated carbocycles. The van der Waals surface area contributed by atoms with Crippen LogP contribution in [0.3, 0.4) is 0 Å². The average Bonchev–Trinajstić information content (AvgIpc) is 1.86. The van der Waals surface area contributed by atoms with Crippen molar-refractivity contribution in [3.63, 3.8) is 0 Å². The molecule has 0 aliphatic carbocycles. The Morgan fingerprint density at radius 2 is 0.850 bits per heavy atom. The van der Waals surface area contributed by atoms with E-state index in [-0.39, 0.29) is 0 Å². The first kappa shape index (κ1) is 20.2. The van der Waals surface area contributed by atoms with E-state index in [1.54, 1.807) is 0 Å². The number of hydrogen-bond donors (Lipinski definition) is 0. The second-order valence-corrected chi connectivity index (χ2v) is 15.8. The van der Waals surface area contributed by atoms with Crippen molar-refractivity contribution in [1.29, 1.82) is 0 Å². The molecule has 0 fully saturated rings. The standard InChI is InChI=1S/C19H42Si/c1-16(2)12-20(13-17(3,4)5,14-18(6,7)8)15-19(9,10)11/h16H,12-15H2,1-11H3. The Balaban J connectivity index is 5.50. The van der Waals surface area contributed by atoms with Crippen LogP contribution < -0.4 is 0 Å². The topological polar surface area (TPSA) is 0 Å². The summed E-state index contributed by atoms with van der Waals surface area (Å²) in [5.74, 6) is 0.841. The normalized spacial score (nSPS) is 15.0. The zero-order valence-electron chi connectivity index (χ0n) is 16.4. The lowest BCUT2D eigenvalue weighted by atomic mass is 9.99. The Bertz CT molecular complexity index is 240. The minimum atomic E-state index is -1.26. The smallest absolute Gasteiger partial charge is 0.0553 e. The van der Waals surface area contributed by atoms with Gasteiger partial charge in [0, 0.05) is 0 Å². The van der Waals surface area contributed by atoms with Gasteiger partial charge in [-0.1, -0.05) is 100 Å². The molecule has 0 aliphatic heterocycles. The summed E-state index contributed by atoms with van der Waals surface area (Å²) in [7, 11) is -1.26. The second kappa shape index (κ2) is 6.54. The maximum Gasteiger partial charge on any atom is 0.0553 e. The summed E-state index contributed by atoms with van der Waals surface area (Å²) in [5, 5.41) is 0. The third kappa shape index (κ3) is 10.0. The molecule has 1 heteroatoms. The maximum atomic E-state index is 2.44. The van der Waals surface area contributed by atoms with Crippen LogP contribution in [-0.4, -0.2) is 8.07 Å². The van der Waals surface area contributed by atoms with Crippen molar-refractivity contribution in [2.45, 2.75) is 100 Å². The fourth-order valence-corrected chi connectivity index (χ4v) is 13.9. The van der Waals surface area contributed by atoms with E-state index < -0.39 is 8.07 Å². The maximum absolute atomic E-state index is 2.44. The van der Waals surface area contributed by atoms with Crippen LogP contribution in [-0.2, 0) is 0 Å². The summed E-state index contributed by atoms with van der Waals surface area (Å²) < 4.78 is 0. The monoisotopic (exact) mass is 298 g/mol. The molecule has 0 N–H and O–H groups in total. The van der Waals surface area contributed by atoms with E-state index in [2.05, 4.69) is 76.2 Å².